The van der Waals surface area contributed by atoms with Crippen LogP contribution in [0.2, 0.25) is 0 Å². The Morgan fingerprint density at radius 3 is 2.43 bits per heavy atom. The van der Waals surface area contributed by atoms with Crippen LogP contribution in [-0.4, -0.2) is 63.2 Å². The minimum Gasteiger partial charge on any atom is -0.479 e. The van der Waals surface area contributed by atoms with E-state index in [-0.39, 0.29) is 0 Å². The van der Waals surface area contributed by atoms with Crippen LogP contribution in [0.4, 0.5) is 0 Å². The van der Waals surface area contributed by atoms with Crippen LogP contribution >= 0.6 is 0 Å². The van der Waals surface area contributed by atoms with E-state index in [1.807, 2.05) is 30.3 Å². The lowest BCUT2D eigenvalue weighted by atomic mass is 9.99. The zero-order valence-corrected chi connectivity index (χ0v) is 12.5. The number of carboxylic acids is 1. The summed E-state index contributed by atoms with van der Waals surface area (Å²) in [5.41, 5.74) is 0.951. The van der Waals surface area contributed by atoms with Crippen molar-refractivity contribution in [3.05, 3.63) is 42.0 Å². The molecule has 0 amide bonds. The van der Waals surface area contributed by atoms with Crippen molar-refractivity contribution in [2.45, 2.75) is 43.7 Å². The molecule has 1 fully saturated rings. The van der Waals surface area contributed by atoms with Crippen LogP contribution in [0.15, 0.2) is 36.4 Å². The number of ether oxygens (including phenoxy) is 2. The highest BCUT2D eigenvalue weighted by Gasteiger charge is 2.47. The predicted molar refractivity (Wildman–Crippen MR) is 80.3 cm³/mol. The molecule has 0 aromatic heterocycles. The van der Waals surface area contributed by atoms with Crippen molar-refractivity contribution in [1.82, 2.24) is 0 Å². The monoisotopic (exact) mass is 324 g/mol. The minimum atomic E-state index is -1.72. The van der Waals surface area contributed by atoms with Gasteiger partial charge in [-0.1, -0.05) is 42.5 Å². The second kappa shape index (κ2) is 7.67. The summed E-state index contributed by atoms with van der Waals surface area (Å²) in [5.74, 6) is -1.44. The van der Waals surface area contributed by atoms with E-state index < -0.39 is 42.8 Å². The number of carbonyl (C=O) groups is 1. The van der Waals surface area contributed by atoms with E-state index in [1.54, 1.807) is 19.1 Å². The summed E-state index contributed by atoms with van der Waals surface area (Å²) in [6, 6.07) is 9.45. The van der Waals surface area contributed by atoms with Crippen LogP contribution in [0.1, 0.15) is 12.5 Å². The third-order valence-electron chi connectivity index (χ3n) is 3.52. The molecular weight excluding hydrogens is 304 g/mol. The van der Waals surface area contributed by atoms with Gasteiger partial charge in [0.05, 0.1) is 6.10 Å². The average molecular weight is 324 g/mol. The van der Waals surface area contributed by atoms with Crippen LogP contribution < -0.4 is 0 Å². The van der Waals surface area contributed by atoms with E-state index >= 15 is 0 Å². The second-order valence-electron chi connectivity index (χ2n) is 5.35. The van der Waals surface area contributed by atoms with Gasteiger partial charge in [0.1, 0.15) is 18.3 Å². The van der Waals surface area contributed by atoms with E-state index in [0.29, 0.717) is 0 Å². The van der Waals surface area contributed by atoms with Crippen molar-refractivity contribution in [1.29, 1.82) is 0 Å². The predicted octanol–water partition coefficient (Wildman–Crippen LogP) is -0.00290. The molecule has 1 aromatic rings. The summed E-state index contributed by atoms with van der Waals surface area (Å²) < 4.78 is 10.5. The van der Waals surface area contributed by atoms with Gasteiger partial charge >= 0.3 is 5.97 Å². The quantitative estimate of drug-likeness (QED) is 0.602. The standard InChI is InChI=1S/C16H20O7/c1-9(7-8-10-5-3-2-4-6-10)22-16-13(19)11(17)12(18)14(23-16)15(20)21/h2-9,11-14,16-19H,1H3,(H,20,21)/b8-7+. The van der Waals surface area contributed by atoms with E-state index in [9.17, 15) is 20.1 Å². The molecule has 6 unspecified atom stereocenters. The van der Waals surface area contributed by atoms with Gasteiger partial charge in [-0.05, 0) is 12.5 Å². The fraction of sp³-hybridized carbons (Fsp3) is 0.438. The normalized spacial score (nSPS) is 32.8. The van der Waals surface area contributed by atoms with Crippen LogP contribution in [-0.2, 0) is 14.3 Å². The maximum atomic E-state index is 11.0. The number of hydrogen-bond acceptors (Lipinski definition) is 6. The molecule has 126 valence electrons. The summed E-state index contributed by atoms with van der Waals surface area (Å²) in [4.78, 5) is 11.0. The number of benzene rings is 1. The number of aliphatic carboxylic acids is 1. The number of aliphatic hydroxyl groups excluding tert-OH is 3. The van der Waals surface area contributed by atoms with Gasteiger partial charge in [-0.15, -0.1) is 0 Å². The second-order valence-corrected chi connectivity index (χ2v) is 5.35. The highest BCUT2D eigenvalue weighted by Crippen LogP contribution is 2.23. The molecule has 7 heteroatoms. The lowest BCUT2D eigenvalue weighted by Gasteiger charge is -2.39. The van der Waals surface area contributed by atoms with Gasteiger partial charge in [-0.25, -0.2) is 4.79 Å². The molecule has 1 aliphatic rings. The first-order chi connectivity index (χ1) is 10.9. The lowest BCUT2D eigenvalue weighted by molar-refractivity contribution is -0.299. The molecule has 1 heterocycles. The van der Waals surface area contributed by atoms with Crippen molar-refractivity contribution in [2.75, 3.05) is 0 Å². The van der Waals surface area contributed by atoms with Gasteiger partial charge in [0.25, 0.3) is 0 Å². The highest BCUT2D eigenvalue weighted by molar-refractivity contribution is 5.73. The minimum absolute atomic E-state index is 0.508. The van der Waals surface area contributed by atoms with Crippen molar-refractivity contribution >= 4 is 12.0 Å². The van der Waals surface area contributed by atoms with Crippen LogP contribution in [0.3, 0.4) is 0 Å². The van der Waals surface area contributed by atoms with E-state index in [1.165, 1.54) is 0 Å². The molecule has 23 heavy (non-hydrogen) atoms. The largest absolute Gasteiger partial charge is 0.479 e. The van der Waals surface area contributed by atoms with Crippen molar-refractivity contribution < 1.29 is 34.7 Å². The number of rotatable bonds is 5. The van der Waals surface area contributed by atoms with Crippen molar-refractivity contribution in [2.24, 2.45) is 0 Å². The zero-order chi connectivity index (χ0) is 17.0. The van der Waals surface area contributed by atoms with Gasteiger partial charge in [-0.2, -0.15) is 0 Å². The van der Waals surface area contributed by atoms with E-state index in [2.05, 4.69) is 0 Å². The summed E-state index contributed by atoms with van der Waals surface area (Å²) in [6.45, 7) is 1.68. The molecule has 1 aliphatic heterocycles. The van der Waals surface area contributed by atoms with Gasteiger partial charge in [-0.3, -0.25) is 0 Å². The average Bonchev–Trinajstić information content (AvgIpc) is 2.54. The fourth-order valence-electron chi connectivity index (χ4n) is 2.23. The summed E-state index contributed by atoms with van der Waals surface area (Å²) >= 11 is 0. The Labute approximate surface area is 133 Å². The smallest absolute Gasteiger partial charge is 0.335 e. The Morgan fingerprint density at radius 2 is 1.83 bits per heavy atom. The number of hydrogen-bond donors (Lipinski definition) is 4. The third-order valence-corrected chi connectivity index (χ3v) is 3.52. The molecule has 0 radical (unpaired) electrons. The molecule has 2 rings (SSSR count). The number of aliphatic hydroxyl groups is 3. The SMILES string of the molecule is CC(/C=C/c1ccccc1)OC1OC(C(=O)O)C(O)C(O)C1O. The van der Waals surface area contributed by atoms with Gasteiger partial charge < -0.3 is 29.9 Å². The maximum Gasteiger partial charge on any atom is 0.335 e. The Bertz CT molecular complexity index is 545. The van der Waals surface area contributed by atoms with E-state index in [0.717, 1.165) is 5.56 Å². The van der Waals surface area contributed by atoms with Crippen LogP contribution in [0, 0.1) is 0 Å². The summed E-state index contributed by atoms with van der Waals surface area (Å²) in [6.07, 6.45) is -4.95. The maximum absolute atomic E-state index is 11.0. The molecule has 1 aromatic carbocycles. The topological polar surface area (TPSA) is 116 Å². The Kier molecular flexibility index (Phi) is 5.86. The van der Waals surface area contributed by atoms with Gasteiger partial charge in [0, 0.05) is 0 Å². The van der Waals surface area contributed by atoms with Crippen LogP contribution in [0.25, 0.3) is 6.08 Å². The Morgan fingerprint density at radius 1 is 1.17 bits per heavy atom. The first-order valence-corrected chi connectivity index (χ1v) is 7.21. The fourth-order valence-corrected chi connectivity index (χ4v) is 2.23. The first-order valence-electron chi connectivity index (χ1n) is 7.21. The van der Waals surface area contributed by atoms with Crippen LogP contribution in [0.5, 0.6) is 0 Å². The van der Waals surface area contributed by atoms with E-state index in [4.69, 9.17) is 14.6 Å². The lowest BCUT2D eigenvalue weighted by Crippen LogP contribution is -2.60. The van der Waals surface area contributed by atoms with Crippen molar-refractivity contribution in [3.63, 3.8) is 0 Å². The molecule has 0 aliphatic carbocycles. The Balaban J connectivity index is 2.00. The first kappa shape index (κ1) is 17.6. The zero-order valence-electron chi connectivity index (χ0n) is 12.5. The molecule has 0 spiro atoms. The molecule has 0 bridgehead atoms. The van der Waals surface area contributed by atoms with Gasteiger partial charge in [0.2, 0.25) is 0 Å². The molecule has 6 atom stereocenters. The molecule has 7 nitrogen and oxygen atoms in total. The highest BCUT2D eigenvalue weighted by atomic mass is 16.7. The molecular formula is C16H20O7. The number of carboxylic acid groups (broad SMARTS) is 1. The molecule has 0 saturated carbocycles. The molecule has 4 N–H and O–H groups in total. The Hall–Kier alpha value is -1.77. The summed E-state index contributed by atoms with van der Waals surface area (Å²) in [7, 11) is 0. The third kappa shape index (κ3) is 4.37. The molecule has 1 saturated heterocycles. The summed E-state index contributed by atoms with van der Waals surface area (Å²) in [5, 5.41) is 38.1. The van der Waals surface area contributed by atoms with Gasteiger partial charge in [0.15, 0.2) is 12.4 Å². The van der Waals surface area contributed by atoms with Crippen molar-refractivity contribution in [3.8, 4) is 0 Å².